The molecule has 0 bridgehead atoms. The Labute approximate surface area is 103 Å². The molecule has 0 fully saturated rings. The Hall–Kier alpha value is -1.71. The molecule has 0 aliphatic rings. The number of rotatable bonds is 6. The lowest BCUT2D eigenvalue weighted by molar-refractivity contribution is -0.120. The zero-order valence-electron chi connectivity index (χ0n) is 10.5. The van der Waals surface area contributed by atoms with E-state index < -0.39 is 0 Å². The van der Waals surface area contributed by atoms with Gasteiger partial charge in [0, 0.05) is 19.5 Å². The highest BCUT2D eigenvalue weighted by molar-refractivity contribution is 5.76. The Bertz CT molecular complexity index is 363. The molecule has 0 aromatic heterocycles. The fourth-order valence-electron chi connectivity index (χ4n) is 1.38. The maximum Gasteiger partial charge on any atom is 0.221 e. The summed E-state index contributed by atoms with van der Waals surface area (Å²) in [4.78, 5) is 11.4. The van der Waals surface area contributed by atoms with E-state index >= 15 is 0 Å². The van der Waals surface area contributed by atoms with Crippen molar-refractivity contribution in [3.8, 4) is 0 Å². The van der Waals surface area contributed by atoms with Crippen LogP contribution in [0.4, 0.5) is 11.4 Å². The number of nitrogens with two attached hydrogens (primary N) is 1. The third-order valence-electron chi connectivity index (χ3n) is 2.34. The van der Waals surface area contributed by atoms with Gasteiger partial charge in [0.1, 0.15) is 0 Å². The molecule has 17 heavy (non-hydrogen) atoms. The number of hydrogen-bond donors (Lipinski definition) is 3. The zero-order valence-corrected chi connectivity index (χ0v) is 10.5. The van der Waals surface area contributed by atoms with E-state index in [9.17, 15) is 4.79 Å². The van der Waals surface area contributed by atoms with Gasteiger partial charge in [0.15, 0.2) is 0 Å². The molecule has 0 saturated carbocycles. The first-order valence-corrected chi connectivity index (χ1v) is 5.94. The molecular weight excluding hydrogens is 214 g/mol. The Balaban J connectivity index is 2.24. The van der Waals surface area contributed by atoms with Crippen LogP contribution in [-0.4, -0.2) is 19.0 Å². The van der Waals surface area contributed by atoms with Gasteiger partial charge in [-0.1, -0.05) is 26.0 Å². The predicted octanol–water partition coefficient (Wildman–Crippen LogP) is 1.84. The largest absolute Gasteiger partial charge is 0.397 e. The molecule has 0 atom stereocenters. The fourth-order valence-corrected chi connectivity index (χ4v) is 1.38. The molecule has 0 aliphatic carbocycles. The first-order valence-electron chi connectivity index (χ1n) is 5.94. The number of amides is 1. The second-order valence-corrected chi connectivity index (χ2v) is 4.46. The number of benzene rings is 1. The summed E-state index contributed by atoms with van der Waals surface area (Å²) < 4.78 is 0. The summed E-state index contributed by atoms with van der Waals surface area (Å²) in [5, 5.41) is 6.02. The fraction of sp³-hybridized carbons (Fsp3) is 0.462. The van der Waals surface area contributed by atoms with Crippen LogP contribution in [0.5, 0.6) is 0 Å². The number of anilines is 2. The van der Waals surface area contributed by atoms with Gasteiger partial charge in [0.2, 0.25) is 5.91 Å². The summed E-state index contributed by atoms with van der Waals surface area (Å²) in [7, 11) is 0. The van der Waals surface area contributed by atoms with E-state index in [-0.39, 0.29) is 5.91 Å². The van der Waals surface area contributed by atoms with Gasteiger partial charge in [0.25, 0.3) is 0 Å². The Kier molecular flexibility index (Phi) is 5.33. The number of nitrogen functional groups attached to an aromatic ring is 1. The van der Waals surface area contributed by atoms with Gasteiger partial charge in [-0.15, -0.1) is 0 Å². The maximum atomic E-state index is 11.4. The average molecular weight is 235 g/mol. The van der Waals surface area contributed by atoms with Gasteiger partial charge < -0.3 is 16.4 Å². The van der Waals surface area contributed by atoms with E-state index in [2.05, 4.69) is 24.5 Å². The molecule has 4 N–H and O–H groups in total. The van der Waals surface area contributed by atoms with E-state index in [1.165, 1.54) is 0 Å². The summed E-state index contributed by atoms with van der Waals surface area (Å²) in [5.74, 6) is 0.553. The molecule has 1 aromatic rings. The van der Waals surface area contributed by atoms with Crippen molar-refractivity contribution in [1.82, 2.24) is 5.32 Å². The van der Waals surface area contributed by atoms with Crippen LogP contribution in [0.15, 0.2) is 24.3 Å². The number of carbonyl (C=O) groups is 1. The average Bonchev–Trinajstić information content (AvgIpc) is 2.29. The van der Waals surface area contributed by atoms with Crippen LogP contribution in [-0.2, 0) is 4.79 Å². The van der Waals surface area contributed by atoms with Gasteiger partial charge in [-0.2, -0.15) is 0 Å². The third-order valence-corrected chi connectivity index (χ3v) is 2.34. The van der Waals surface area contributed by atoms with Gasteiger partial charge in [-0.3, -0.25) is 4.79 Å². The second-order valence-electron chi connectivity index (χ2n) is 4.46. The lowest BCUT2D eigenvalue weighted by Crippen LogP contribution is -2.28. The van der Waals surface area contributed by atoms with Crippen molar-refractivity contribution in [2.45, 2.75) is 20.3 Å². The Morgan fingerprint density at radius 2 is 2.06 bits per heavy atom. The van der Waals surface area contributed by atoms with E-state index in [4.69, 9.17) is 5.73 Å². The minimum absolute atomic E-state index is 0.0701. The summed E-state index contributed by atoms with van der Waals surface area (Å²) in [6.07, 6.45) is 0.459. The monoisotopic (exact) mass is 235 g/mol. The Morgan fingerprint density at radius 1 is 1.35 bits per heavy atom. The first kappa shape index (κ1) is 13.4. The number of hydrogen-bond acceptors (Lipinski definition) is 3. The highest BCUT2D eigenvalue weighted by Gasteiger charge is 2.02. The minimum Gasteiger partial charge on any atom is -0.397 e. The van der Waals surface area contributed by atoms with Gasteiger partial charge in [0.05, 0.1) is 11.4 Å². The van der Waals surface area contributed by atoms with E-state index in [0.29, 0.717) is 24.6 Å². The van der Waals surface area contributed by atoms with Crippen LogP contribution >= 0.6 is 0 Å². The van der Waals surface area contributed by atoms with Crippen molar-refractivity contribution in [3.63, 3.8) is 0 Å². The molecule has 4 nitrogen and oxygen atoms in total. The molecule has 4 heteroatoms. The van der Waals surface area contributed by atoms with E-state index in [1.807, 2.05) is 24.3 Å². The molecule has 0 aliphatic heterocycles. The molecule has 0 radical (unpaired) electrons. The smallest absolute Gasteiger partial charge is 0.221 e. The van der Waals surface area contributed by atoms with Crippen molar-refractivity contribution < 1.29 is 4.79 Å². The van der Waals surface area contributed by atoms with Crippen molar-refractivity contribution in [1.29, 1.82) is 0 Å². The van der Waals surface area contributed by atoms with Crippen LogP contribution in [0.1, 0.15) is 20.3 Å². The second kappa shape index (κ2) is 6.78. The SMILES string of the molecule is CC(C)CNC(=O)CCNc1ccccc1N. The number of nitrogens with one attached hydrogen (secondary N) is 2. The minimum atomic E-state index is 0.0701. The van der Waals surface area contributed by atoms with Crippen molar-refractivity contribution in [2.24, 2.45) is 5.92 Å². The van der Waals surface area contributed by atoms with Crippen LogP contribution in [0.25, 0.3) is 0 Å². The Morgan fingerprint density at radius 3 is 2.71 bits per heavy atom. The molecule has 0 saturated heterocycles. The van der Waals surface area contributed by atoms with Crippen LogP contribution in [0.2, 0.25) is 0 Å². The molecule has 1 rings (SSSR count). The van der Waals surface area contributed by atoms with Crippen molar-refractivity contribution in [3.05, 3.63) is 24.3 Å². The number of carbonyl (C=O) groups excluding carboxylic acids is 1. The van der Waals surface area contributed by atoms with Crippen LogP contribution < -0.4 is 16.4 Å². The van der Waals surface area contributed by atoms with E-state index in [1.54, 1.807) is 0 Å². The zero-order chi connectivity index (χ0) is 12.7. The standard InChI is InChI=1S/C13H21N3O/c1-10(2)9-16-13(17)7-8-15-12-6-4-3-5-11(12)14/h3-6,10,15H,7-9,14H2,1-2H3,(H,16,17). The molecule has 0 unspecified atom stereocenters. The third kappa shape index (κ3) is 5.24. The molecule has 0 spiro atoms. The molecular formula is C13H21N3O. The highest BCUT2D eigenvalue weighted by atomic mass is 16.1. The van der Waals surface area contributed by atoms with Crippen molar-refractivity contribution in [2.75, 3.05) is 24.1 Å². The highest BCUT2D eigenvalue weighted by Crippen LogP contribution is 2.16. The quantitative estimate of drug-likeness (QED) is 0.659. The van der Waals surface area contributed by atoms with Crippen LogP contribution in [0, 0.1) is 5.92 Å². The summed E-state index contributed by atoms with van der Waals surface area (Å²) >= 11 is 0. The summed E-state index contributed by atoms with van der Waals surface area (Å²) in [6, 6.07) is 7.54. The molecule has 1 aromatic carbocycles. The molecule has 1 amide bonds. The lowest BCUT2D eigenvalue weighted by Gasteiger charge is -2.10. The summed E-state index contributed by atoms with van der Waals surface area (Å²) in [5.41, 5.74) is 7.36. The normalized spacial score (nSPS) is 10.3. The molecule has 94 valence electrons. The topological polar surface area (TPSA) is 67.2 Å². The summed E-state index contributed by atoms with van der Waals surface area (Å²) in [6.45, 7) is 5.47. The maximum absolute atomic E-state index is 11.4. The number of para-hydroxylation sites is 2. The molecule has 0 heterocycles. The van der Waals surface area contributed by atoms with E-state index in [0.717, 1.165) is 12.2 Å². The predicted molar refractivity (Wildman–Crippen MR) is 71.8 cm³/mol. The first-order chi connectivity index (χ1) is 8.09. The lowest BCUT2D eigenvalue weighted by atomic mass is 10.2. The van der Waals surface area contributed by atoms with Gasteiger partial charge in [-0.25, -0.2) is 0 Å². The van der Waals surface area contributed by atoms with Crippen LogP contribution in [0.3, 0.4) is 0 Å². The van der Waals surface area contributed by atoms with Crippen molar-refractivity contribution >= 4 is 17.3 Å². The van der Waals surface area contributed by atoms with Gasteiger partial charge in [-0.05, 0) is 18.1 Å². The van der Waals surface area contributed by atoms with Gasteiger partial charge >= 0.3 is 0 Å².